The normalized spacial score (nSPS) is 11.5. The zero-order valence-electron chi connectivity index (χ0n) is 23.2. The zero-order valence-corrected chi connectivity index (χ0v) is 23.2. The van der Waals surface area contributed by atoms with Gasteiger partial charge in [0.05, 0.1) is 13.2 Å². The first-order valence-electron chi connectivity index (χ1n) is 14.9. The average Bonchev–Trinajstić information content (AvgIpc) is 2.86. The maximum Gasteiger partial charge on any atom is 0.331 e. The fourth-order valence-electron chi connectivity index (χ4n) is 4.03. The van der Waals surface area contributed by atoms with Gasteiger partial charge < -0.3 is 9.47 Å². The minimum atomic E-state index is -0.492. The molecule has 0 heterocycles. The van der Waals surface area contributed by atoms with Crippen LogP contribution < -0.4 is 0 Å². The molecule has 0 rings (SSSR count). The molecule has 0 unspecified atom stereocenters. The molecule has 0 spiro atoms. The molecule has 0 aliphatic rings. The van der Waals surface area contributed by atoms with Crippen molar-refractivity contribution < 1.29 is 19.1 Å². The Bertz CT molecular complexity index is 524. The van der Waals surface area contributed by atoms with Gasteiger partial charge in [-0.15, -0.1) is 0 Å². The highest BCUT2D eigenvalue weighted by atomic mass is 16.5. The lowest BCUT2D eigenvalue weighted by molar-refractivity contribution is -0.140. The number of allylic oxidation sites excluding steroid dienone is 1. The molecule has 0 fully saturated rings. The Hall–Kier alpha value is -1.58. The summed E-state index contributed by atoms with van der Waals surface area (Å²) in [6, 6.07) is 0. The molecule has 0 aromatic carbocycles. The predicted octanol–water partition coefficient (Wildman–Crippen LogP) is 9.42. The van der Waals surface area contributed by atoms with Crippen LogP contribution in [0.15, 0.2) is 24.3 Å². The van der Waals surface area contributed by atoms with Crippen LogP contribution >= 0.6 is 0 Å². The third-order valence-corrected chi connectivity index (χ3v) is 6.27. The number of unbranched alkanes of at least 4 members (excludes halogenated alkanes) is 18. The van der Waals surface area contributed by atoms with E-state index >= 15 is 0 Å². The van der Waals surface area contributed by atoms with E-state index in [0.717, 1.165) is 25.3 Å². The number of carbonyl (C=O) groups excluding carboxylic acids is 2. The van der Waals surface area contributed by atoms with Crippen LogP contribution in [0, 0.1) is 0 Å². The first-order chi connectivity index (χ1) is 17.2. The number of ether oxygens (including phenoxy) is 2. The summed E-state index contributed by atoms with van der Waals surface area (Å²) in [5.41, 5.74) is 0. The first-order valence-corrected chi connectivity index (χ1v) is 14.9. The van der Waals surface area contributed by atoms with Crippen LogP contribution in [0.2, 0.25) is 0 Å². The molecule has 4 nitrogen and oxygen atoms in total. The highest BCUT2D eigenvalue weighted by molar-refractivity contribution is 5.91. The van der Waals surface area contributed by atoms with E-state index in [4.69, 9.17) is 9.47 Å². The van der Waals surface area contributed by atoms with E-state index in [1.54, 1.807) is 0 Å². The van der Waals surface area contributed by atoms with E-state index < -0.39 is 11.9 Å². The van der Waals surface area contributed by atoms with Gasteiger partial charge in [-0.2, -0.15) is 0 Å². The van der Waals surface area contributed by atoms with Crippen molar-refractivity contribution in [1.29, 1.82) is 0 Å². The fraction of sp³-hybridized carbons (Fsp3) is 0.806. The second kappa shape index (κ2) is 28.7. The maximum absolute atomic E-state index is 11.7. The molecule has 4 heteroatoms. The Morgan fingerprint density at radius 3 is 1.31 bits per heavy atom. The smallest absolute Gasteiger partial charge is 0.331 e. The fourth-order valence-corrected chi connectivity index (χ4v) is 4.03. The number of carbonyl (C=O) groups is 2. The van der Waals surface area contributed by atoms with Crippen molar-refractivity contribution in [1.82, 2.24) is 0 Å². The summed E-state index contributed by atoms with van der Waals surface area (Å²) >= 11 is 0. The van der Waals surface area contributed by atoms with Crippen molar-refractivity contribution in [3.05, 3.63) is 24.3 Å². The van der Waals surface area contributed by atoms with Crippen molar-refractivity contribution in [3.63, 3.8) is 0 Å². The van der Waals surface area contributed by atoms with Crippen molar-refractivity contribution in [2.24, 2.45) is 0 Å². The first kappa shape index (κ1) is 33.4. The molecule has 0 atom stereocenters. The van der Waals surface area contributed by atoms with Crippen LogP contribution in [0.25, 0.3) is 0 Å². The van der Waals surface area contributed by atoms with Gasteiger partial charge in [0.15, 0.2) is 0 Å². The van der Waals surface area contributed by atoms with Gasteiger partial charge in [-0.05, 0) is 25.7 Å². The third kappa shape index (κ3) is 28.5. The minimum absolute atomic E-state index is 0.338. The van der Waals surface area contributed by atoms with Gasteiger partial charge in [0.1, 0.15) is 0 Å². The molecule has 35 heavy (non-hydrogen) atoms. The highest BCUT2D eigenvalue weighted by Gasteiger charge is 2.01. The Kier molecular flexibility index (Phi) is 27.4. The summed E-state index contributed by atoms with van der Waals surface area (Å²) in [7, 11) is 0. The molecule has 0 aromatic heterocycles. The SMILES string of the molecule is CCCCCCCCCC/C=C/CCOC(=O)/C=C/C(=O)OCCCCCCCCCCCCC. The molecule has 0 saturated carbocycles. The number of hydrogen-bond acceptors (Lipinski definition) is 4. The molecule has 204 valence electrons. The van der Waals surface area contributed by atoms with Crippen LogP contribution in [-0.2, 0) is 19.1 Å². The standard InChI is InChI=1S/C31H56O4/c1-3-5-7-9-11-13-15-17-19-21-23-25-29-35-31(33)27-26-30(32)34-28-24-22-20-18-16-14-12-10-8-6-4-2/h21,23,26-27H,3-20,22,24-25,28-29H2,1-2H3/b23-21+,27-26+. The Balaban J connectivity index is 3.45. The largest absolute Gasteiger partial charge is 0.463 e. The third-order valence-electron chi connectivity index (χ3n) is 6.27. The molecule has 0 aliphatic heterocycles. The molecule has 0 radical (unpaired) electrons. The van der Waals surface area contributed by atoms with Crippen molar-refractivity contribution >= 4 is 11.9 Å². The monoisotopic (exact) mass is 492 g/mol. The van der Waals surface area contributed by atoms with Crippen LogP contribution in [0.3, 0.4) is 0 Å². The topological polar surface area (TPSA) is 52.6 Å². The number of hydrogen-bond donors (Lipinski definition) is 0. The molecule has 0 aliphatic carbocycles. The highest BCUT2D eigenvalue weighted by Crippen LogP contribution is 2.12. The van der Waals surface area contributed by atoms with Gasteiger partial charge >= 0.3 is 11.9 Å². The summed E-state index contributed by atoms with van der Waals surface area (Å²) < 4.78 is 10.3. The van der Waals surface area contributed by atoms with E-state index in [9.17, 15) is 9.59 Å². The molecule has 0 saturated heterocycles. The van der Waals surface area contributed by atoms with Crippen molar-refractivity contribution in [2.45, 2.75) is 149 Å². The van der Waals surface area contributed by atoms with Crippen LogP contribution in [-0.4, -0.2) is 25.2 Å². The lowest BCUT2D eigenvalue weighted by Gasteiger charge is -2.03. The summed E-state index contributed by atoms with van der Waals surface area (Å²) in [5, 5.41) is 0. The molecular formula is C31H56O4. The molecule has 0 amide bonds. The minimum Gasteiger partial charge on any atom is -0.463 e. The predicted molar refractivity (Wildman–Crippen MR) is 149 cm³/mol. The van der Waals surface area contributed by atoms with Gasteiger partial charge in [-0.3, -0.25) is 0 Å². The molecular weight excluding hydrogens is 436 g/mol. The van der Waals surface area contributed by atoms with E-state index in [1.807, 2.05) is 0 Å². The van der Waals surface area contributed by atoms with Gasteiger partial charge in [0.25, 0.3) is 0 Å². The lowest BCUT2D eigenvalue weighted by atomic mass is 10.1. The molecule has 0 aromatic rings. The summed E-state index contributed by atoms with van der Waals surface area (Å²) in [6.07, 6.45) is 32.9. The second-order valence-electron chi connectivity index (χ2n) is 9.73. The molecule has 0 N–H and O–H groups in total. The summed E-state index contributed by atoms with van der Waals surface area (Å²) in [6.45, 7) is 5.26. The van der Waals surface area contributed by atoms with Crippen molar-refractivity contribution in [2.75, 3.05) is 13.2 Å². The Morgan fingerprint density at radius 1 is 0.457 bits per heavy atom. The van der Waals surface area contributed by atoms with Crippen LogP contribution in [0.4, 0.5) is 0 Å². The lowest BCUT2D eigenvalue weighted by Crippen LogP contribution is -2.06. The van der Waals surface area contributed by atoms with Gasteiger partial charge in [0.2, 0.25) is 0 Å². The second-order valence-corrected chi connectivity index (χ2v) is 9.73. The van der Waals surface area contributed by atoms with Crippen LogP contribution in [0.1, 0.15) is 149 Å². The number of rotatable bonds is 26. The van der Waals surface area contributed by atoms with E-state index in [-0.39, 0.29) is 0 Å². The van der Waals surface area contributed by atoms with E-state index in [2.05, 4.69) is 26.0 Å². The average molecular weight is 493 g/mol. The Labute approximate surface area is 217 Å². The van der Waals surface area contributed by atoms with Gasteiger partial charge in [-0.1, -0.05) is 135 Å². The summed E-state index contributed by atoms with van der Waals surface area (Å²) in [5.74, 6) is -0.965. The van der Waals surface area contributed by atoms with E-state index in [1.165, 1.54) is 115 Å². The number of esters is 2. The van der Waals surface area contributed by atoms with Crippen molar-refractivity contribution in [3.8, 4) is 0 Å². The molecule has 0 bridgehead atoms. The zero-order chi connectivity index (χ0) is 25.7. The van der Waals surface area contributed by atoms with Gasteiger partial charge in [-0.25, -0.2) is 9.59 Å². The Morgan fingerprint density at radius 2 is 0.829 bits per heavy atom. The van der Waals surface area contributed by atoms with E-state index in [0.29, 0.717) is 19.6 Å². The summed E-state index contributed by atoms with van der Waals surface area (Å²) in [4.78, 5) is 23.4. The maximum atomic E-state index is 11.7. The van der Waals surface area contributed by atoms with Crippen LogP contribution in [0.5, 0.6) is 0 Å². The quantitative estimate of drug-likeness (QED) is 0.0522. The van der Waals surface area contributed by atoms with Gasteiger partial charge in [0, 0.05) is 12.2 Å².